The summed E-state index contributed by atoms with van der Waals surface area (Å²) in [5.41, 5.74) is 3.80. The van der Waals surface area contributed by atoms with Crippen LogP contribution in [0.1, 0.15) is 22.4 Å². The van der Waals surface area contributed by atoms with Gasteiger partial charge in [0.1, 0.15) is 5.54 Å². The Hall–Kier alpha value is -3.39. The first-order valence-electron chi connectivity index (χ1n) is 8.71. The van der Waals surface area contributed by atoms with Gasteiger partial charge in [-0.05, 0) is 28.8 Å². The summed E-state index contributed by atoms with van der Waals surface area (Å²) in [7, 11) is 0. The monoisotopic (exact) mass is 336 g/mol. The molecule has 0 bridgehead atoms. The smallest absolute Gasteiger partial charge is 0.138 e. The summed E-state index contributed by atoms with van der Waals surface area (Å²) in [6.07, 6.45) is 3.81. The molecule has 26 heavy (non-hydrogen) atoms. The van der Waals surface area contributed by atoms with E-state index in [0.717, 1.165) is 22.4 Å². The second-order valence-electron chi connectivity index (χ2n) is 6.20. The molecule has 1 heterocycles. The van der Waals surface area contributed by atoms with E-state index in [1.165, 1.54) is 0 Å². The lowest BCUT2D eigenvalue weighted by Gasteiger charge is -2.36. The molecule has 0 aliphatic carbocycles. The van der Waals surface area contributed by atoms with Gasteiger partial charge in [-0.2, -0.15) is 5.10 Å². The van der Waals surface area contributed by atoms with Crippen molar-refractivity contribution < 1.29 is 0 Å². The average molecular weight is 336 g/mol. The minimum Gasteiger partial charge on any atom is -0.253 e. The Morgan fingerprint density at radius 1 is 0.654 bits per heavy atom. The average Bonchev–Trinajstić information content (AvgIpc) is 3.21. The number of rotatable bonds is 5. The molecular formula is C24H20N2. The van der Waals surface area contributed by atoms with Crippen molar-refractivity contribution in [3.8, 4) is 0 Å². The zero-order valence-corrected chi connectivity index (χ0v) is 14.5. The first-order chi connectivity index (χ1) is 12.9. The number of nitrogens with zero attached hydrogens (tertiary/aromatic N) is 2. The van der Waals surface area contributed by atoms with Crippen LogP contribution < -0.4 is 0 Å². The first kappa shape index (κ1) is 16.1. The minimum atomic E-state index is -0.551. The van der Waals surface area contributed by atoms with Gasteiger partial charge in [0.25, 0.3) is 0 Å². The van der Waals surface area contributed by atoms with Crippen LogP contribution in [0, 0.1) is 0 Å². The van der Waals surface area contributed by atoms with Crippen LogP contribution in [-0.4, -0.2) is 9.78 Å². The van der Waals surface area contributed by atoms with Crippen molar-refractivity contribution in [3.63, 3.8) is 0 Å². The highest BCUT2D eigenvalue weighted by Crippen LogP contribution is 2.40. The van der Waals surface area contributed by atoms with Gasteiger partial charge in [-0.15, -0.1) is 0 Å². The highest BCUT2D eigenvalue weighted by atomic mass is 15.3. The van der Waals surface area contributed by atoms with Crippen molar-refractivity contribution in [2.75, 3.05) is 0 Å². The summed E-state index contributed by atoms with van der Waals surface area (Å²) in [5, 5.41) is 4.83. The number of hydrogen-bond donors (Lipinski definition) is 0. The number of hydrogen-bond acceptors (Lipinski definition) is 1. The molecule has 2 nitrogen and oxygen atoms in total. The van der Waals surface area contributed by atoms with E-state index in [1.807, 2.05) is 35.1 Å². The molecule has 4 aromatic rings. The van der Waals surface area contributed by atoms with E-state index in [2.05, 4.69) is 79.4 Å². The largest absolute Gasteiger partial charge is 0.253 e. The summed E-state index contributed by atoms with van der Waals surface area (Å²) < 4.78 is 2.05. The predicted molar refractivity (Wildman–Crippen MR) is 107 cm³/mol. The Morgan fingerprint density at radius 2 is 1.08 bits per heavy atom. The highest BCUT2D eigenvalue weighted by Gasteiger charge is 2.39. The summed E-state index contributed by atoms with van der Waals surface area (Å²) in [5.74, 6) is 0. The Kier molecular flexibility index (Phi) is 4.24. The second-order valence-corrected chi connectivity index (χ2v) is 6.20. The highest BCUT2D eigenvalue weighted by molar-refractivity contribution is 5.51. The number of benzene rings is 3. The zero-order valence-electron chi connectivity index (χ0n) is 14.5. The molecule has 0 aliphatic heterocycles. The van der Waals surface area contributed by atoms with E-state index >= 15 is 0 Å². The summed E-state index contributed by atoms with van der Waals surface area (Å²) in [6.45, 7) is 3.87. The van der Waals surface area contributed by atoms with Gasteiger partial charge in [0.05, 0.1) is 5.69 Å². The summed E-state index contributed by atoms with van der Waals surface area (Å²) >= 11 is 0. The van der Waals surface area contributed by atoms with Crippen LogP contribution in [0.4, 0.5) is 0 Å². The normalized spacial score (nSPS) is 11.2. The molecule has 0 saturated carbocycles. The van der Waals surface area contributed by atoms with Crippen molar-refractivity contribution in [1.82, 2.24) is 9.78 Å². The van der Waals surface area contributed by atoms with E-state index in [4.69, 9.17) is 5.10 Å². The Labute approximate surface area is 154 Å². The Balaban J connectivity index is 2.12. The second kappa shape index (κ2) is 6.85. The van der Waals surface area contributed by atoms with Crippen molar-refractivity contribution in [2.45, 2.75) is 5.54 Å². The van der Waals surface area contributed by atoms with Gasteiger partial charge in [0.15, 0.2) is 0 Å². The molecule has 3 aromatic carbocycles. The van der Waals surface area contributed by atoms with Crippen LogP contribution >= 0.6 is 0 Å². The van der Waals surface area contributed by atoms with Gasteiger partial charge in [0, 0.05) is 6.20 Å². The Morgan fingerprint density at radius 3 is 1.42 bits per heavy atom. The third-order valence-corrected chi connectivity index (χ3v) is 4.74. The maximum absolute atomic E-state index is 4.83. The lowest BCUT2D eigenvalue weighted by atomic mass is 9.77. The molecule has 0 aliphatic rings. The third kappa shape index (κ3) is 2.56. The molecule has 0 unspecified atom stereocenters. The van der Waals surface area contributed by atoms with Gasteiger partial charge in [-0.25, -0.2) is 0 Å². The van der Waals surface area contributed by atoms with Crippen LogP contribution in [0.25, 0.3) is 6.08 Å². The van der Waals surface area contributed by atoms with Crippen molar-refractivity contribution in [1.29, 1.82) is 0 Å². The van der Waals surface area contributed by atoms with Crippen LogP contribution in [0.5, 0.6) is 0 Å². The molecule has 0 spiro atoms. The molecule has 2 heteroatoms. The molecule has 0 atom stereocenters. The molecule has 0 fully saturated rings. The molecule has 0 radical (unpaired) electrons. The van der Waals surface area contributed by atoms with Gasteiger partial charge in [-0.3, -0.25) is 4.68 Å². The van der Waals surface area contributed by atoms with Gasteiger partial charge < -0.3 is 0 Å². The summed E-state index contributed by atoms with van der Waals surface area (Å²) in [4.78, 5) is 0. The van der Waals surface area contributed by atoms with Gasteiger partial charge in [-0.1, -0.05) is 97.6 Å². The van der Waals surface area contributed by atoms with Crippen LogP contribution in [0.15, 0.2) is 110 Å². The van der Waals surface area contributed by atoms with Crippen LogP contribution in [-0.2, 0) is 5.54 Å². The fourth-order valence-corrected chi connectivity index (χ4v) is 3.57. The van der Waals surface area contributed by atoms with Gasteiger partial charge in [0.2, 0.25) is 0 Å². The molecule has 0 N–H and O–H groups in total. The number of aromatic nitrogens is 2. The molecule has 126 valence electrons. The topological polar surface area (TPSA) is 17.8 Å². The standard InChI is InChI=1S/C24H20N2/c1-2-23-18-19-26(25-23)24(20-12-6-3-7-13-20,21-14-8-4-9-15-21)22-16-10-5-11-17-22/h2-19H,1H2. The van der Waals surface area contributed by atoms with Gasteiger partial charge >= 0.3 is 0 Å². The molecule has 4 rings (SSSR count). The maximum Gasteiger partial charge on any atom is 0.138 e. The van der Waals surface area contributed by atoms with Crippen molar-refractivity contribution in [2.24, 2.45) is 0 Å². The molecule has 1 aromatic heterocycles. The fourth-order valence-electron chi connectivity index (χ4n) is 3.57. The molecule has 0 saturated heterocycles. The molecular weight excluding hydrogens is 316 g/mol. The van der Waals surface area contributed by atoms with E-state index in [-0.39, 0.29) is 0 Å². The van der Waals surface area contributed by atoms with E-state index < -0.39 is 5.54 Å². The molecule has 0 amide bonds. The quantitative estimate of drug-likeness (QED) is 0.448. The zero-order chi connectivity index (χ0) is 17.8. The van der Waals surface area contributed by atoms with Crippen molar-refractivity contribution >= 4 is 6.08 Å². The fraction of sp³-hybridized carbons (Fsp3) is 0.0417. The maximum atomic E-state index is 4.83. The lowest BCUT2D eigenvalue weighted by molar-refractivity contribution is 0.459. The van der Waals surface area contributed by atoms with E-state index in [9.17, 15) is 0 Å². The minimum absolute atomic E-state index is 0.551. The third-order valence-electron chi connectivity index (χ3n) is 4.74. The lowest BCUT2D eigenvalue weighted by Crippen LogP contribution is -2.38. The van der Waals surface area contributed by atoms with E-state index in [0.29, 0.717) is 0 Å². The van der Waals surface area contributed by atoms with Crippen LogP contribution in [0.3, 0.4) is 0 Å². The Bertz CT molecular complexity index is 889. The SMILES string of the molecule is C=Cc1ccn(C(c2ccccc2)(c2ccccc2)c2ccccc2)n1. The predicted octanol–water partition coefficient (Wildman–Crippen LogP) is 5.37. The first-order valence-corrected chi connectivity index (χ1v) is 8.71. The summed E-state index contributed by atoms with van der Waals surface area (Å²) in [6, 6.07) is 33.6. The van der Waals surface area contributed by atoms with Crippen molar-refractivity contribution in [3.05, 3.63) is 132 Å². The van der Waals surface area contributed by atoms with Crippen LogP contribution in [0.2, 0.25) is 0 Å². The van der Waals surface area contributed by atoms with E-state index in [1.54, 1.807) is 6.08 Å².